The third kappa shape index (κ3) is 7.32. The minimum Gasteiger partial charge on any atom is -0.490 e. The fraction of sp³-hybridized carbons (Fsp3) is 0.359. The number of benzene rings is 3. The zero-order valence-corrected chi connectivity index (χ0v) is 28.0. The Morgan fingerprint density at radius 1 is 0.882 bits per heavy atom. The van der Waals surface area contributed by atoms with Crippen LogP contribution >= 0.6 is 0 Å². The molecule has 0 spiro atoms. The predicted molar refractivity (Wildman–Crippen MR) is 183 cm³/mol. The molecule has 51 heavy (non-hydrogen) atoms. The van der Waals surface area contributed by atoms with Gasteiger partial charge in [-0.05, 0) is 85.7 Å². The van der Waals surface area contributed by atoms with Crippen molar-refractivity contribution in [1.29, 1.82) is 0 Å². The number of aromatic nitrogens is 2. The number of carbonyl (C=O) groups excluding carboxylic acids is 3. The third-order valence-electron chi connectivity index (χ3n) is 10.3. The summed E-state index contributed by atoms with van der Waals surface area (Å²) < 4.78 is 42.0. The van der Waals surface area contributed by atoms with Crippen LogP contribution in [-0.2, 0) is 15.0 Å². The highest BCUT2D eigenvalue weighted by Crippen LogP contribution is 2.46. The number of nitrogens with one attached hydrogen (secondary N) is 2. The second-order valence-electron chi connectivity index (χ2n) is 13.7. The lowest BCUT2D eigenvalue weighted by atomic mass is 9.65. The molecule has 2 aliphatic carbocycles. The maximum absolute atomic E-state index is 15.0. The Bertz CT molecular complexity index is 1900. The van der Waals surface area contributed by atoms with Crippen LogP contribution in [0.1, 0.15) is 91.4 Å². The number of aliphatic hydroxyl groups excluding tert-OH is 1. The van der Waals surface area contributed by atoms with Gasteiger partial charge in [0.15, 0.2) is 5.78 Å². The molecule has 3 aliphatic rings. The Balaban J connectivity index is 0.971. The molecular formula is C39H38F2N4O6. The van der Waals surface area contributed by atoms with Crippen molar-refractivity contribution in [3.05, 3.63) is 107 Å². The minimum absolute atomic E-state index is 0.0366. The first kappa shape index (κ1) is 34.2. The van der Waals surface area contributed by atoms with Gasteiger partial charge in [0.1, 0.15) is 34.9 Å². The van der Waals surface area contributed by atoms with Gasteiger partial charge in [0.05, 0.1) is 12.0 Å². The molecule has 1 saturated heterocycles. The predicted octanol–water partition coefficient (Wildman–Crippen LogP) is 6.51. The quantitative estimate of drug-likeness (QED) is 0.125. The zero-order chi connectivity index (χ0) is 35.7. The summed E-state index contributed by atoms with van der Waals surface area (Å²) >= 11 is 0. The fourth-order valence-electron chi connectivity index (χ4n) is 7.39. The van der Waals surface area contributed by atoms with Crippen molar-refractivity contribution in [2.24, 2.45) is 0 Å². The normalized spacial score (nSPS) is 24.6. The molecule has 2 amide bonds. The summed E-state index contributed by atoms with van der Waals surface area (Å²) in [5.41, 5.74) is 2.17. The Labute approximate surface area is 293 Å². The average Bonchev–Trinajstić information content (AvgIpc) is 3.09. The maximum atomic E-state index is 15.0. The van der Waals surface area contributed by atoms with Crippen molar-refractivity contribution in [3.8, 4) is 17.4 Å². The summed E-state index contributed by atoms with van der Waals surface area (Å²) in [6.07, 6.45) is 3.89. The molecule has 0 bridgehead atoms. The number of imide groups is 1. The van der Waals surface area contributed by atoms with Crippen molar-refractivity contribution < 1.29 is 37.7 Å². The first-order valence-electron chi connectivity index (χ1n) is 17.2. The van der Waals surface area contributed by atoms with Crippen LogP contribution in [0.4, 0.5) is 14.5 Å². The van der Waals surface area contributed by atoms with E-state index in [9.17, 15) is 28.3 Å². The lowest BCUT2D eigenvalue weighted by molar-refractivity contribution is -0.134. The van der Waals surface area contributed by atoms with Crippen molar-refractivity contribution in [3.63, 3.8) is 0 Å². The van der Waals surface area contributed by atoms with Crippen LogP contribution in [0.25, 0.3) is 0 Å². The Hall–Kier alpha value is -5.23. The highest BCUT2D eigenvalue weighted by Gasteiger charge is 2.39. The minimum atomic E-state index is -1.04. The van der Waals surface area contributed by atoms with Gasteiger partial charge in [0, 0.05) is 55.0 Å². The number of halogens is 2. The number of carbonyl (C=O) groups is 3. The van der Waals surface area contributed by atoms with Crippen molar-refractivity contribution in [1.82, 2.24) is 15.5 Å². The van der Waals surface area contributed by atoms with Crippen LogP contribution in [0.15, 0.2) is 72.8 Å². The summed E-state index contributed by atoms with van der Waals surface area (Å²) in [5.74, 6) is -2.37. The van der Waals surface area contributed by atoms with Gasteiger partial charge in [-0.1, -0.05) is 24.3 Å². The molecular weight excluding hydrogens is 658 g/mol. The number of amides is 2. The van der Waals surface area contributed by atoms with Crippen LogP contribution in [0, 0.1) is 11.6 Å². The summed E-state index contributed by atoms with van der Waals surface area (Å²) in [5, 5.41) is 23.6. The van der Waals surface area contributed by atoms with Crippen molar-refractivity contribution >= 4 is 23.3 Å². The molecule has 2 heterocycles. The zero-order valence-electron chi connectivity index (χ0n) is 28.0. The molecule has 1 aromatic heterocycles. The van der Waals surface area contributed by atoms with E-state index in [4.69, 9.17) is 9.47 Å². The first-order valence-corrected chi connectivity index (χ1v) is 17.2. The summed E-state index contributed by atoms with van der Waals surface area (Å²) in [4.78, 5) is 35.1. The molecule has 4 aromatic rings. The number of Topliss-reactive ketones (excluding diaryl/α,β-unsaturated/α-hetero) is 1. The third-order valence-corrected chi connectivity index (χ3v) is 10.3. The van der Waals surface area contributed by atoms with Crippen LogP contribution in [-0.4, -0.2) is 51.2 Å². The number of ether oxygens (including phenoxy) is 2. The maximum Gasteiger partial charge on any atom is 0.238 e. The number of hydrogen-bond donors (Lipinski definition) is 3. The summed E-state index contributed by atoms with van der Waals surface area (Å²) in [7, 11) is 0. The van der Waals surface area contributed by atoms with Gasteiger partial charge in [0.2, 0.25) is 17.7 Å². The number of nitrogens with zero attached hydrogens (tertiary/aromatic N) is 2. The van der Waals surface area contributed by atoms with Gasteiger partial charge in [-0.25, -0.2) is 8.78 Å². The fourth-order valence-corrected chi connectivity index (χ4v) is 7.39. The number of aliphatic hydroxyl groups is 1. The molecule has 0 radical (unpaired) electrons. The number of hydrogen-bond acceptors (Lipinski definition) is 9. The van der Waals surface area contributed by atoms with E-state index in [1.54, 1.807) is 12.1 Å². The monoisotopic (exact) mass is 696 g/mol. The van der Waals surface area contributed by atoms with E-state index in [0.717, 1.165) is 29.7 Å². The molecule has 10 nitrogen and oxygen atoms in total. The summed E-state index contributed by atoms with van der Waals surface area (Å²) in [6.45, 7) is 1.43. The largest absolute Gasteiger partial charge is 0.490 e. The van der Waals surface area contributed by atoms with E-state index in [1.807, 2.05) is 36.4 Å². The van der Waals surface area contributed by atoms with Gasteiger partial charge in [-0.2, -0.15) is 0 Å². The van der Waals surface area contributed by atoms with E-state index in [-0.39, 0.29) is 65.1 Å². The van der Waals surface area contributed by atoms with E-state index in [0.29, 0.717) is 31.4 Å². The van der Waals surface area contributed by atoms with E-state index >= 15 is 0 Å². The molecule has 1 atom stereocenters. The highest BCUT2D eigenvalue weighted by molar-refractivity contribution is 6.01. The molecule has 3 aromatic carbocycles. The molecule has 264 valence electrons. The van der Waals surface area contributed by atoms with E-state index in [2.05, 4.69) is 33.0 Å². The van der Waals surface area contributed by atoms with Crippen molar-refractivity contribution in [2.75, 3.05) is 5.32 Å². The second kappa shape index (κ2) is 14.2. The lowest BCUT2D eigenvalue weighted by Gasteiger charge is -2.40. The van der Waals surface area contributed by atoms with Gasteiger partial charge < -0.3 is 19.9 Å². The van der Waals surface area contributed by atoms with Crippen LogP contribution in [0.5, 0.6) is 17.4 Å². The topological polar surface area (TPSA) is 140 Å². The number of anilines is 1. The SMILES string of the molecule is CC(=O)c1ccc(Oc2ccc(C3(c4ccc(OC5CC(Nc6cc(F)c(C7CCC(=O)NC7=O)c(F)c6)C5)cc4)CCC(O)CC3)cc2)nn1. The number of piperidine rings is 1. The molecule has 3 fully saturated rings. The van der Waals surface area contributed by atoms with E-state index < -0.39 is 29.4 Å². The Morgan fingerprint density at radius 3 is 2.08 bits per heavy atom. The van der Waals surface area contributed by atoms with Crippen molar-refractivity contribution in [2.45, 2.75) is 87.9 Å². The molecule has 7 rings (SSSR count). The standard InChI is InChI=1S/C39H38F2N4O6/c1-22(46)34-11-13-36(45-44-34)51-29-8-4-24(5-9-29)39(16-14-27(47)15-17-39)23-2-6-28(7-3-23)50-30-18-25(19-30)42-26-20-32(40)37(33(41)21-26)31-10-12-35(48)43-38(31)49/h2-9,11,13,20-21,25,27,30-31,42,47H,10,12,14-19H2,1H3,(H,43,48,49). The summed E-state index contributed by atoms with van der Waals surface area (Å²) in [6, 6.07) is 21.5. The smallest absolute Gasteiger partial charge is 0.238 e. The van der Waals surface area contributed by atoms with Gasteiger partial charge >= 0.3 is 0 Å². The first-order chi connectivity index (χ1) is 24.6. The lowest BCUT2D eigenvalue weighted by Crippen LogP contribution is -2.42. The Kier molecular flexibility index (Phi) is 9.52. The highest BCUT2D eigenvalue weighted by atomic mass is 19.1. The van der Waals surface area contributed by atoms with Gasteiger partial charge in [0.25, 0.3) is 0 Å². The molecule has 3 N–H and O–H groups in total. The number of ketones is 1. The van der Waals surface area contributed by atoms with Gasteiger partial charge in [-0.15, -0.1) is 10.2 Å². The Morgan fingerprint density at radius 2 is 1.51 bits per heavy atom. The second-order valence-corrected chi connectivity index (χ2v) is 13.7. The molecule has 2 saturated carbocycles. The number of rotatable bonds is 10. The van der Waals surface area contributed by atoms with E-state index in [1.165, 1.54) is 19.1 Å². The average molecular weight is 697 g/mol. The molecule has 12 heteroatoms. The molecule has 1 aliphatic heterocycles. The molecule has 1 unspecified atom stereocenters. The van der Waals surface area contributed by atoms with Crippen LogP contribution < -0.4 is 20.1 Å². The van der Waals surface area contributed by atoms with Crippen LogP contribution in [0.3, 0.4) is 0 Å². The van der Waals surface area contributed by atoms with Crippen LogP contribution in [0.2, 0.25) is 0 Å². The van der Waals surface area contributed by atoms with Gasteiger partial charge in [-0.3, -0.25) is 19.7 Å².